The third-order valence-corrected chi connectivity index (χ3v) is 9.66. The number of amides is 2. The van der Waals surface area contributed by atoms with Crippen molar-refractivity contribution in [3.63, 3.8) is 0 Å². The summed E-state index contributed by atoms with van der Waals surface area (Å²) in [6.07, 6.45) is 0.982. The number of benzene rings is 3. The average molecular weight is 634 g/mol. The van der Waals surface area contributed by atoms with Crippen molar-refractivity contribution in [3.05, 3.63) is 102 Å². The number of nitrogens with one attached hydrogen (secondary N) is 4. The monoisotopic (exact) mass is 633 g/mol. The molecule has 2 amide bonds. The largest absolute Gasteiger partial charge is 0.357 e. The number of para-hydroxylation sites is 2. The molecule has 3 atom stereocenters. The zero-order valence-corrected chi connectivity index (χ0v) is 27.3. The van der Waals surface area contributed by atoms with Crippen LogP contribution in [0.15, 0.2) is 84.9 Å². The van der Waals surface area contributed by atoms with Crippen LogP contribution in [-0.4, -0.2) is 46.7 Å². The molecule has 0 spiro atoms. The van der Waals surface area contributed by atoms with E-state index in [9.17, 15) is 14.2 Å². The lowest BCUT2D eigenvalue weighted by Gasteiger charge is -2.31. The number of carbonyl (C=O) groups is 2. The van der Waals surface area contributed by atoms with E-state index in [1.54, 1.807) is 0 Å². The van der Waals surface area contributed by atoms with E-state index in [-0.39, 0.29) is 37.4 Å². The number of hydrogen-bond donors (Lipinski definition) is 4. The van der Waals surface area contributed by atoms with Crippen molar-refractivity contribution in [2.75, 3.05) is 7.05 Å². The van der Waals surface area contributed by atoms with Gasteiger partial charge in [0, 0.05) is 13.5 Å². The number of aromatic amines is 1. The van der Waals surface area contributed by atoms with Crippen LogP contribution in [0.4, 0.5) is 0 Å². The summed E-state index contributed by atoms with van der Waals surface area (Å²) in [5, 5.41) is 8.88. The third-order valence-electron chi connectivity index (χ3n) is 7.41. The molecule has 0 bridgehead atoms. The third kappa shape index (κ3) is 9.83. The van der Waals surface area contributed by atoms with E-state index >= 15 is 0 Å². The van der Waals surface area contributed by atoms with Gasteiger partial charge in [-0.15, -0.1) is 0 Å². The Hall–Kier alpha value is -3.82. The number of rotatable bonds is 17. The van der Waals surface area contributed by atoms with Gasteiger partial charge >= 0.3 is 7.60 Å². The highest BCUT2D eigenvalue weighted by Crippen LogP contribution is 2.54. The summed E-state index contributed by atoms with van der Waals surface area (Å²) in [4.78, 5) is 34.6. The molecule has 4 N–H and O–H groups in total. The molecular weight excluding hydrogens is 589 g/mol. The van der Waals surface area contributed by atoms with E-state index < -0.39 is 25.5 Å². The summed E-state index contributed by atoms with van der Waals surface area (Å²) in [7, 11) is -2.28. The Kier molecular flexibility index (Phi) is 12.5. The van der Waals surface area contributed by atoms with E-state index in [1.807, 2.05) is 106 Å². The van der Waals surface area contributed by atoms with Crippen molar-refractivity contribution >= 4 is 30.4 Å². The number of nitrogens with zero attached hydrogens (tertiary/aromatic N) is 1. The topological polar surface area (TPSA) is 134 Å². The summed E-state index contributed by atoms with van der Waals surface area (Å²) in [6, 6.07) is 24.9. The van der Waals surface area contributed by atoms with E-state index in [0.717, 1.165) is 22.2 Å². The van der Waals surface area contributed by atoms with E-state index in [4.69, 9.17) is 9.05 Å². The van der Waals surface area contributed by atoms with Crippen molar-refractivity contribution in [1.82, 2.24) is 25.9 Å². The zero-order valence-electron chi connectivity index (χ0n) is 26.4. The number of likely N-dealkylation sites (N-methyl/N-ethyl adjacent to an activating group) is 1. The van der Waals surface area contributed by atoms with Crippen molar-refractivity contribution in [2.45, 2.75) is 71.1 Å². The molecule has 1 aromatic heterocycles. The van der Waals surface area contributed by atoms with E-state index in [2.05, 4.69) is 25.9 Å². The molecule has 240 valence electrons. The molecule has 0 radical (unpaired) electrons. The summed E-state index contributed by atoms with van der Waals surface area (Å²) >= 11 is 0. The van der Waals surface area contributed by atoms with Gasteiger partial charge in [-0.3, -0.25) is 19.5 Å². The first kappa shape index (κ1) is 34.1. The minimum Gasteiger partial charge on any atom is -0.357 e. The Bertz CT molecular complexity index is 1480. The Labute approximate surface area is 265 Å². The molecule has 0 unspecified atom stereocenters. The molecule has 0 aliphatic carbocycles. The van der Waals surface area contributed by atoms with Gasteiger partial charge in [-0.2, -0.15) is 0 Å². The number of carbonyl (C=O) groups excluding carboxylic acids is 2. The second-order valence-electron chi connectivity index (χ2n) is 11.4. The molecule has 0 saturated heterocycles. The minimum atomic E-state index is -3.81. The van der Waals surface area contributed by atoms with Gasteiger partial charge in [-0.1, -0.05) is 93.6 Å². The van der Waals surface area contributed by atoms with E-state index in [1.165, 1.54) is 7.05 Å². The van der Waals surface area contributed by atoms with E-state index in [0.29, 0.717) is 18.7 Å². The Morgan fingerprint density at radius 3 is 1.96 bits per heavy atom. The predicted molar refractivity (Wildman–Crippen MR) is 176 cm³/mol. The second-order valence-corrected chi connectivity index (χ2v) is 13.6. The van der Waals surface area contributed by atoms with Gasteiger partial charge in [0.2, 0.25) is 11.8 Å². The number of aromatic nitrogens is 2. The average Bonchev–Trinajstić information content (AvgIpc) is 3.47. The van der Waals surface area contributed by atoms with Gasteiger partial charge in [0.1, 0.15) is 17.6 Å². The van der Waals surface area contributed by atoms with Gasteiger partial charge < -0.3 is 24.7 Å². The van der Waals surface area contributed by atoms with Crippen LogP contribution in [-0.2, 0) is 42.8 Å². The summed E-state index contributed by atoms with van der Waals surface area (Å²) < 4.78 is 26.7. The molecule has 11 heteroatoms. The standard InChI is InChI=1S/C34H44N5O5P/c1-5-32(45(42,43-22-25-14-8-6-9-15-25)44-23-26-16-10-7-11-17-26)38-29(20-24(2)3)34(41)39-30(33(40)35-4)21-31-36-27-18-12-13-19-28(27)37-31/h6-19,24,29-30,32,38H,5,20-23H2,1-4H3,(H,35,40)(H,36,37)(H,39,41)/t29-,30-,32+/m0/s1. The fraction of sp³-hybridized carbons (Fsp3) is 0.382. The van der Waals surface area contributed by atoms with Crippen molar-refractivity contribution in [1.29, 1.82) is 0 Å². The SMILES string of the molecule is CC[C@H](N[C@@H](CC(C)C)C(=O)N[C@@H](Cc1nc2ccccc2[nH]1)C(=O)NC)P(=O)(OCc1ccccc1)OCc1ccccc1. The van der Waals surface area contributed by atoms with Gasteiger partial charge in [-0.05, 0) is 42.0 Å². The van der Waals surface area contributed by atoms with Crippen LogP contribution in [0.1, 0.15) is 50.6 Å². The molecule has 0 saturated carbocycles. The number of imidazole rings is 1. The predicted octanol–water partition coefficient (Wildman–Crippen LogP) is 5.70. The van der Waals surface area contributed by atoms with Crippen LogP contribution in [0, 0.1) is 5.92 Å². The maximum Gasteiger partial charge on any atom is 0.348 e. The fourth-order valence-corrected chi connectivity index (χ4v) is 6.94. The Morgan fingerprint density at radius 2 is 1.42 bits per heavy atom. The number of H-pyrrole nitrogens is 1. The number of hydrogen-bond acceptors (Lipinski definition) is 7. The van der Waals surface area contributed by atoms with Crippen molar-refractivity contribution in [2.24, 2.45) is 5.92 Å². The molecular formula is C34H44N5O5P. The second kappa shape index (κ2) is 16.5. The van der Waals surface area contributed by atoms with Crippen molar-refractivity contribution < 1.29 is 23.2 Å². The summed E-state index contributed by atoms with van der Waals surface area (Å²) in [5.74, 6) is -0.813. The van der Waals surface area contributed by atoms with Gasteiger partial charge in [0.15, 0.2) is 0 Å². The number of fused-ring (bicyclic) bond motifs is 1. The highest BCUT2D eigenvalue weighted by atomic mass is 31.2. The molecule has 0 aliphatic heterocycles. The normalized spacial score (nSPS) is 13.8. The van der Waals surface area contributed by atoms with Gasteiger partial charge in [-0.25, -0.2) is 4.98 Å². The smallest absolute Gasteiger partial charge is 0.348 e. The quantitative estimate of drug-likeness (QED) is 0.110. The first-order valence-electron chi connectivity index (χ1n) is 15.4. The van der Waals surface area contributed by atoms with Gasteiger partial charge in [0.25, 0.3) is 0 Å². The van der Waals surface area contributed by atoms with Crippen LogP contribution < -0.4 is 16.0 Å². The lowest BCUT2D eigenvalue weighted by Crippen LogP contribution is -2.55. The molecule has 10 nitrogen and oxygen atoms in total. The maximum absolute atomic E-state index is 14.5. The first-order chi connectivity index (χ1) is 21.7. The molecule has 45 heavy (non-hydrogen) atoms. The van der Waals surface area contributed by atoms with Crippen LogP contribution in [0.25, 0.3) is 11.0 Å². The Morgan fingerprint density at radius 1 is 0.844 bits per heavy atom. The van der Waals surface area contributed by atoms with Gasteiger partial charge in [0.05, 0.1) is 30.3 Å². The molecule has 3 aromatic carbocycles. The molecule has 0 aliphatic rings. The summed E-state index contributed by atoms with van der Waals surface area (Å²) in [6.45, 7) is 6.06. The zero-order chi connectivity index (χ0) is 32.2. The molecule has 0 fully saturated rings. The fourth-order valence-electron chi connectivity index (χ4n) is 5.03. The first-order valence-corrected chi connectivity index (χ1v) is 17.0. The molecule has 4 aromatic rings. The lowest BCUT2D eigenvalue weighted by atomic mass is 10.0. The highest BCUT2D eigenvalue weighted by Gasteiger charge is 2.38. The Balaban J connectivity index is 1.54. The van der Waals surface area contributed by atoms with Crippen LogP contribution in [0.2, 0.25) is 0 Å². The van der Waals surface area contributed by atoms with Crippen LogP contribution >= 0.6 is 7.60 Å². The van der Waals surface area contributed by atoms with Crippen LogP contribution in [0.3, 0.4) is 0 Å². The summed E-state index contributed by atoms with van der Waals surface area (Å²) in [5.41, 5.74) is 3.33. The lowest BCUT2D eigenvalue weighted by molar-refractivity contribution is -0.130. The molecule has 1 heterocycles. The minimum absolute atomic E-state index is 0.0857. The maximum atomic E-state index is 14.5. The highest BCUT2D eigenvalue weighted by molar-refractivity contribution is 7.54. The van der Waals surface area contributed by atoms with Crippen LogP contribution in [0.5, 0.6) is 0 Å². The van der Waals surface area contributed by atoms with Crippen molar-refractivity contribution in [3.8, 4) is 0 Å². The molecule has 4 rings (SSSR count).